The minimum Gasteiger partial charge on any atom is -0.322 e. The van der Waals surface area contributed by atoms with E-state index in [9.17, 15) is 4.79 Å². The van der Waals surface area contributed by atoms with Crippen LogP contribution >= 0.6 is 23.5 Å². The van der Waals surface area contributed by atoms with E-state index in [1.807, 2.05) is 55.5 Å². The quantitative estimate of drug-likeness (QED) is 0.884. The molecular weight excluding hydrogens is 324 g/mol. The molecule has 2 aromatic carbocycles. The summed E-state index contributed by atoms with van der Waals surface area (Å²) in [6.45, 7) is 2.90. The molecule has 0 bridgehead atoms. The number of amides is 1. The van der Waals surface area contributed by atoms with Crippen LogP contribution < -0.4 is 5.32 Å². The van der Waals surface area contributed by atoms with Crippen molar-refractivity contribution in [2.45, 2.75) is 12.7 Å². The minimum absolute atomic E-state index is 0.0588. The molecule has 2 aromatic rings. The zero-order valence-electron chi connectivity index (χ0n) is 12.9. The van der Waals surface area contributed by atoms with Gasteiger partial charge < -0.3 is 5.32 Å². The van der Waals surface area contributed by atoms with Gasteiger partial charge in [0.25, 0.3) is 5.91 Å². The fourth-order valence-corrected chi connectivity index (χ4v) is 4.33. The van der Waals surface area contributed by atoms with Gasteiger partial charge in [-0.3, -0.25) is 9.79 Å². The van der Waals surface area contributed by atoms with E-state index in [1.165, 1.54) is 0 Å². The van der Waals surface area contributed by atoms with Crippen molar-refractivity contribution in [3.05, 3.63) is 65.2 Å². The molecule has 1 amide bonds. The molecule has 118 valence electrons. The molecule has 3 nitrogen and oxygen atoms in total. The van der Waals surface area contributed by atoms with Crippen molar-refractivity contribution in [1.29, 1.82) is 0 Å². The van der Waals surface area contributed by atoms with E-state index in [-0.39, 0.29) is 5.91 Å². The highest BCUT2D eigenvalue weighted by Gasteiger charge is 2.14. The molecule has 0 aliphatic carbocycles. The van der Waals surface area contributed by atoms with Crippen LogP contribution in [0.25, 0.3) is 0 Å². The number of rotatable bonds is 4. The summed E-state index contributed by atoms with van der Waals surface area (Å²) < 4.78 is 1.12. The van der Waals surface area contributed by atoms with Gasteiger partial charge in [0.05, 0.1) is 6.54 Å². The maximum Gasteiger partial charge on any atom is 0.255 e. The third kappa shape index (κ3) is 4.18. The first-order chi connectivity index (χ1) is 11.2. The number of hydrogen-bond acceptors (Lipinski definition) is 4. The van der Waals surface area contributed by atoms with Crippen LogP contribution in [0.3, 0.4) is 0 Å². The zero-order valence-corrected chi connectivity index (χ0v) is 14.5. The number of para-hydroxylation sites is 1. The van der Waals surface area contributed by atoms with Gasteiger partial charge in [-0.2, -0.15) is 0 Å². The summed E-state index contributed by atoms with van der Waals surface area (Å²) in [7, 11) is 0. The predicted molar refractivity (Wildman–Crippen MR) is 102 cm³/mol. The van der Waals surface area contributed by atoms with Crippen LogP contribution in [0.2, 0.25) is 0 Å². The number of benzene rings is 2. The van der Waals surface area contributed by atoms with Gasteiger partial charge in [-0.05, 0) is 30.2 Å². The standard InChI is InChI=1S/C18H18N2OS2/c1-13-6-2-5-9-16(13)20-17(21)15-8-4-3-7-14(15)12-23-18-19-10-11-22-18/h2-9H,10-12H2,1H3,(H,20,21). The van der Waals surface area contributed by atoms with Crippen LogP contribution in [0, 0.1) is 6.92 Å². The Morgan fingerprint density at radius 2 is 2.00 bits per heavy atom. The van der Waals surface area contributed by atoms with Crippen LogP contribution in [0.1, 0.15) is 21.5 Å². The molecule has 0 unspecified atom stereocenters. The van der Waals surface area contributed by atoms with E-state index in [2.05, 4.69) is 10.3 Å². The highest BCUT2D eigenvalue weighted by atomic mass is 32.2. The second-order valence-corrected chi connectivity index (χ2v) is 7.52. The summed E-state index contributed by atoms with van der Waals surface area (Å²) >= 11 is 3.50. The largest absolute Gasteiger partial charge is 0.322 e. The van der Waals surface area contributed by atoms with E-state index in [0.717, 1.165) is 44.8 Å². The molecule has 1 heterocycles. The lowest BCUT2D eigenvalue weighted by Crippen LogP contribution is -2.14. The van der Waals surface area contributed by atoms with Crippen LogP contribution in [-0.2, 0) is 5.75 Å². The van der Waals surface area contributed by atoms with Gasteiger partial charge in [0.1, 0.15) is 4.38 Å². The second kappa shape index (κ2) is 7.70. The Bertz CT molecular complexity index is 743. The summed E-state index contributed by atoms with van der Waals surface area (Å²) in [5, 5.41) is 3.01. The van der Waals surface area contributed by atoms with Gasteiger partial charge in [0.15, 0.2) is 0 Å². The first-order valence-corrected chi connectivity index (χ1v) is 9.46. The Morgan fingerprint density at radius 3 is 2.78 bits per heavy atom. The molecule has 0 saturated carbocycles. The number of anilines is 1. The monoisotopic (exact) mass is 342 g/mol. The molecule has 0 atom stereocenters. The van der Waals surface area contributed by atoms with Crippen LogP contribution in [0.15, 0.2) is 53.5 Å². The fourth-order valence-electron chi connectivity index (χ4n) is 2.31. The van der Waals surface area contributed by atoms with Crippen molar-refractivity contribution in [2.24, 2.45) is 4.99 Å². The van der Waals surface area contributed by atoms with Crippen molar-refractivity contribution in [3.8, 4) is 0 Å². The van der Waals surface area contributed by atoms with Gasteiger partial charge in [-0.25, -0.2) is 0 Å². The topological polar surface area (TPSA) is 41.5 Å². The Labute approximate surface area is 145 Å². The van der Waals surface area contributed by atoms with E-state index in [0.29, 0.717) is 0 Å². The molecule has 0 saturated heterocycles. The number of aryl methyl sites for hydroxylation is 1. The summed E-state index contributed by atoms with van der Waals surface area (Å²) in [6.07, 6.45) is 0. The number of nitrogens with one attached hydrogen (secondary N) is 1. The van der Waals surface area contributed by atoms with Gasteiger partial charge in [0, 0.05) is 22.8 Å². The average Bonchev–Trinajstić information content (AvgIpc) is 3.09. The van der Waals surface area contributed by atoms with E-state index >= 15 is 0 Å². The highest BCUT2D eigenvalue weighted by molar-refractivity contribution is 8.38. The van der Waals surface area contributed by atoms with Crippen molar-refractivity contribution in [3.63, 3.8) is 0 Å². The van der Waals surface area contributed by atoms with E-state index < -0.39 is 0 Å². The van der Waals surface area contributed by atoms with Crippen molar-refractivity contribution in [1.82, 2.24) is 0 Å². The Hall–Kier alpha value is -1.72. The molecule has 0 spiro atoms. The second-order valence-electron chi connectivity index (χ2n) is 5.21. The molecule has 1 N–H and O–H groups in total. The molecule has 0 fully saturated rings. The molecule has 1 aliphatic rings. The van der Waals surface area contributed by atoms with E-state index in [1.54, 1.807) is 23.5 Å². The summed E-state index contributed by atoms with van der Waals surface area (Å²) in [5.41, 5.74) is 3.69. The fraction of sp³-hybridized carbons (Fsp3) is 0.222. The SMILES string of the molecule is Cc1ccccc1NC(=O)c1ccccc1CSC1=NCCS1. The first-order valence-electron chi connectivity index (χ1n) is 7.49. The predicted octanol–water partition coefficient (Wildman–Crippen LogP) is 4.58. The molecular formula is C18H18N2OS2. The zero-order chi connectivity index (χ0) is 16.1. The molecule has 0 radical (unpaired) electrons. The maximum atomic E-state index is 12.6. The van der Waals surface area contributed by atoms with Crippen LogP contribution in [0.5, 0.6) is 0 Å². The molecule has 1 aliphatic heterocycles. The van der Waals surface area contributed by atoms with Crippen molar-refractivity contribution >= 4 is 39.5 Å². The van der Waals surface area contributed by atoms with E-state index in [4.69, 9.17) is 0 Å². The normalized spacial score (nSPS) is 13.7. The number of nitrogens with zero attached hydrogens (tertiary/aromatic N) is 1. The Kier molecular flexibility index (Phi) is 5.41. The number of thioether (sulfide) groups is 2. The third-order valence-electron chi connectivity index (χ3n) is 3.56. The van der Waals surface area contributed by atoms with Gasteiger partial charge in [-0.15, -0.1) is 0 Å². The number of hydrogen-bond donors (Lipinski definition) is 1. The smallest absolute Gasteiger partial charge is 0.255 e. The number of carbonyl (C=O) groups excluding carboxylic acids is 1. The lowest BCUT2D eigenvalue weighted by Gasteiger charge is -2.11. The number of aliphatic imine (C=N–C) groups is 1. The first kappa shape index (κ1) is 16.1. The van der Waals surface area contributed by atoms with Gasteiger partial charge >= 0.3 is 0 Å². The molecule has 23 heavy (non-hydrogen) atoms. The Balaban J connectivity index is 1.74. The third-order valence-corrected chi connectivity index (χ3v) is 5.87. The lowest BCUT2D eigenvalue weighted by molar-refractivity contribution is 0.102. The van der Waals surface area contributed by atoms with Gasteiger partial charge in [0.2, 0.25) is 0 Å². The molecule has 3 rings (SSSR count). The Morgan fingerprint density at radius 1 is 1.22 bits per heavy atom. The number of carbonyl (C=O) groups is 1. The lowest BCUT2D eigenvalue weighted by atomic mass is 10.1. The summed E-state index contributed by atoms with van der Waals surface area (Å²) in [6, 6.07) is 15.6. The highest BCUT2D eigenvalue weighted by Crippen LogP contribution is 2.27. The van der Waals surface area contributed by atoms with Crippen LogP contribution in [0.4, 0.5) is 5.69 Å². The summed E-state index contributed by atoms with van der Waals surface area (Å²) in [5.74, 6) is 1.78. The van der Waals surface area contributed by atoms with Gasteiger partial charge in [-0.1, -0.05) is 59.9 Å². The van der Waals surface area contributed by atoms with Crippen LogP contribution in [-0.4, -0.2) is 22.6 Å². The molecule has 0 aromatic heterocycles. The van der Waals surface area contributed by atoms with Crippen molar-refractivity contribution in [2.75, 3.05) is 17.6 Å². The average molecular weight is 342 g/mol. The summed E-state index contributed by atoms with van der Waals surface area (Å²) in [4.78, 5) is 17.1. The maximum absolute atomic E-state index is 12.6. The molecule has 5 heteroatoms. The van der Waals surface area contributed by atoms with Crippen molar-refractivity contribution < 1.29 is 4.79 Å². The minimum atomic E-state index is -0.0588.